The van der Waals surface area contributed by atoms with Gasteiger partial charge in [-0.25, -0.2) is 0 Å². The molecule has 0 saturated heterocycles. The quantitative estimate of drug-likeness (QED) is 0.605. The number of hydrogen-bond acceptors (Lipinski definition) is 5. The first-order chi connectivity index (χ1) is 12.1. The molecule has 5 aliphatic rings. The fourth-order valence-corrected chi connectivity index (χ4v) is 7.23. The highest BCUT2D eigenvalue weighted by Gasteiger charge is 2.82. The van der Waals surface area contributed by atoms with Crippen molar-refractivity contribution in [1.82, 2.24) is 0 Å². The van der Waals surface area contributed by atoms with E-state index in [2.05, 4.69) is 0 Å². The van der Waals surface area contributed by atoms with Gasteiger partial charge in [-0.3, -0.25) is 20.2 Å². The van der Waals surface area contributed by atoms with Gasteiger partial charge in [-0.15, -0.1) is 0 Å². The molecule has 7 nitrogen and oxygen atoms in total. The van der Waals surface area contributed by atoms with Crippen LogP contribution in [0.1, 0.15) is 18.4 Å². The second-order valence-corrected chi connectivity index (χ2v) is 8.53. The van der Waals surface area contributed by atoms with Crippen molar-refractivity contribution in [3.63, 3.8) is 0 Å². The second kappa shape index (κ2) is 4.38. The van der Waals surface area contributed by atoms with Gasteiger partial charge in [0.15, 0.2) is 0 Å². The van der Waals surface area contributed by atoms with Crippen LogP contribution in [0.3, 0.4) is 0 Å². The van der Waals surface area contributed by atoms with Crippen LogP contribution in [0.25, 0.3) is 0 Å². The number of nitro benzene ring substituents is 2. The predicted octanol–water partition coefficient (Wildman–Crippen LogP) is 3.17. The molecule has 0 bridgehead atoms. The van der Waals surface area contributed by atoms with Crippen LogP contribution in [-0.2, 0) is 11.3 Å². The maximum atomic E-state index is 11.3. The minimum atomic E-state index is -0.608. The standard InChI is InChI=1S/C18H18N2O5/c21-19(22)8-2-1-7(12(3-8)20(23)24)6-25-13-5-11-14-9-4-10(9)15-17(13)16(11)18(14)15/h1-3,9-11,13-18H,4-6H2/t9-,10+,11-,13+,14+,15+,16+,17+,18-/m1/s1. The molecule has 130 valence electrons. The van der Waals surface area contributed by atoms with Crippen LogP contribution in [0.15, 0.2) is 18.2 Å². The lowest BCUT2D eigenvalue weighted by Crippen LogP contribution is -2.59. The van der Waals surface area contributed by atoms with E-state index in [1.165, 1.54) is 18.6 Å². The summed E-state index contributed by atoms with van der Waals surface area (Å²) in [4.78, 5) is 20.9. The maximum Gasteiger partial charge on any atom is 0.281 e. The number of nitro groups is 2. The zero-order chi connectivity index (χ0) is 17.0. The first-order valence-electron chi connectivity index (χ1n) is 9.09. The predicted molar refractivity (Wildman–Crippen MR) is 85.5 cm³/mol. The van der Waals surface area contributed by atoms with Crippen molar-refractivity contribution in [2.45, 2.75) is 25.6 Å². The molecule has 0 amide bonds. The molecule has 6 rings (SSSR count). The highest BCUT2D eigenvalue weighted by atomic mass is 16.6. The van der Waals surface area contributed by atoms with Crippen molar-refractivity contribution in [3.8, 4) is 0 Å². The summed E-state index contributed by atoms with van der Waals surface area (Å²) in [6.07, 6.45) is 2.75. The normalized spacial score (nSPS) is 46.6. The largest absolute Gasteiger partial charge is 0.373 e. The van der Waals surface area contributed by atoms with Gasteiger partial charge in [0.05, 0.1) is 34.2 Å². The number of rotatable bonds is 5. The van der Waals surface area contributed by atoms with Crippen molar-refractivity contribution in [1.29, 1.82) is 0 Å². The van der Waals surface area contributed by atoms with Gasteiger partial charge < -0.3 is 4.74 Å². The number of ether oxygens (including phenoxy) is 1. The molecule has 0 aromatic heterocycles. The third-order valence-corrected chi connectivity index (χ3v) is 7.95. The summed E-state index contributed by atoms with van der Waals surface area (Å²) in [7, 11) is 0. The van der Waals surface area contributed by atoms with E-state index >= 15 is 0 Å². The molecule has 25 heavy (non-hydrogen) atoms. The molecule has 5 saturated carbocycles. The van der Waals surface area contributed by atoms with E-state index in [0.717, 1.165) is 53.9 Å². The van der Waals surface area contributed by atoms with E-state index < -0.39 is 9.85 Å². The summed E-state index contributed by atoms with van der Waals surface area (Å²) in [5.74, 6) is 7.11. The third kappa shape index (κ3) is 1.60. The average molecular weight is 342 g/mol. The Hall–Kier alpha value is -2.02. The molecular weight excluding hydrogens is 324 g/mol. The lowest BCUT2D eigenvalue weighted by molar-refractivity contribution is -0.394. The molecule has 1 aromatic carbocycles. The summed E-state index contributed by atoms with van der Waals surface area (Å²) in [5.41, 5.74) is -0.0427. The molecule has 0 aliphatic heterocycles. The Morgan fingerprint density at radius 3 is 2.44 bits per heavy atom. The van der Waals surface area contributed by atoms with Crippen LogP contribution in [0.2, 0.25) is 0 Å². The third-order valence-electron chi connectivity index (χ3n) is 7.95. The SMILES string of the molecule is O=[N+]([O-])c1ccc(CO[C@H]2C[C@@H]3[C@@H]4[C@@H]5C[C@@H]5[C@@H]5[C@@H]4[C@@H]3[C@H]52)c([N+](=O)[O-])c1. The molecule has 0 N–H and O–H groups in total. The number of hydrogen-bond donors (Lipinski definition) is 0. The molecule has 0 heterocycles. The molecule has 5 aliphatic carbocycles. The number of benzene rings is 1. The topological polar surface area (TPSA) is 95.5 Å². The van der Waals surface area contributed by atoms with Gasteiger partial charge in [0.1, 0.15) is 0 Å². The van der Waals surface area contributed by atoms with Crippen molar-refractivity contribution in [2.75, 3.05) is 0 Å². The Bertz CT molecular complexity index is 826. The highest BCUT2D eigenvalue weighted by Crippen LogP contribution is 2.85. The summed E-state index contributed by atoms with van der Waals surface area (Å²) in [6, 6.07) is 3.82. The Balaban J connectivity index is 1.21. The van der Waals surface area contributed by atoms with Crippen LogP contribution < -0.4 is 0 Å². The lowest BCUT2D eigenvalue weighted by atomic mass is 9.43. The molecule has 0 unspecified atom stereocenters. The monoisotopic (exact) mass is 342 g/mol. The number of non-ortho nitro benzene ring substituents is 1. The minimum absolute atomic E-state index is 0.172. The fourth-order valence-electron chi connectivity index (χ4n) is 7.23. The zero-order valence-electron chi connectivity index (χ0n) is 13.5. The average Bonchev–Trinajstić information content (AvgIpc) is 3.24. The molecule has 1 aromatic rings. The van der Waals surface area contributed by atoms with E-state index in [4.69, 9.17) is 4.74 Å². The van der Waals surface area contributed by atoms with Crippen LogP contribution in [0, 0.1) is 67.6 Å². The Morgan fingerprint density at radius 2 is 1.68 bits per heavy atom. The van der Waals surface area contributed by atoms with Crippen molar-refractivity contribution >= 4 is 11.4 Å². The number of nitrogens with zero attached hydrogens (tertiary/aromatic N) is 2. The Kier molecular flexibility index (Phi) is 2.49. The van der Waals surface area contributed by atoms with E-state index in [1.54, 1.807) is 0 Å². The van der Waals surface area contributed by atoms with Gasteiger partial charge in [-0.1, -0.05) is 0 Å². The van der Waals surface area contributed by atoms with E-state index in [0.29, 0.717) is 11.5 Å². The summed E-state index contributed by atoms with van der Waals surface area (Å²) in [6.45, 7) is 0.172. The van der Waals surface area contributed by atoms with E-state index in [9.17, 15) is 20.2 Å². The summed E-state index contributed by atoms with van der Waals surface area (Å²) < 4.78 is 6.16. The van der Waals surface area contributed by atoms with Gasteiger partial charge in [-0.05, 0) is 66.3 Å². The van der Waals surface area contributed by atoms with Crippen molar-refractivity contribution in [3.05, 3.63) is 44.0 Å². The molecule has 9 atom stereocenters. The number of fused-ring (bicyclic) bond motifs is 5. The van der Waals surface area contributed by atoms with Crippen LogP contribution in [0.5, 0.6) is 0 Å². The highest BCUT2D eigenvalue weighted by molar-refractivity contribution is 5.48. The van der Waals surface area contributed by atoms with Crippen molar-refractivity contribution in [2.24, 2.45) is 47.3 Å². The van der Waals surface area contributed by atoms with Gasteiger partial charge in [0.25, 0.3) is 11.4 Å². The van der Waals surface area contributed by atoms with Gasteiger partial charge >= 0.3 is 0 Å². The maximum absolute atomic E-state index is 11.3. The van der Waals surface area contributed by atoms with E-state index in [1.807, 2.05) is 0 Å². The van der Waals surface area contributed by atoms with Crippen LogP contribution >= 0.6 is 0 Å². The Labute approximate surface area is 143 Å². The molecule has 7 heteroatoms. The minimum Gasteiger partial charge on any atom is -0.373 e. The Morgan fingerprint density at radius 1 is 0.920 bits per heavy atom. The first kappa shape index (κ1) is 14.2. The summed E-state index contributed by atoms with van der Waals surface area (Å²) >= 11 is 0. The first-order valence-corrected chi connectivity index (χ1v) is 9.09. The van der Waals surface area contributed by atoms with Crippen LogP contribution in [0.4, 0.5) is 11.4 Å². The van der Waals surface area contributed by atoms with Gasteiger partial charge in [0.2, 0.25) is 0 Å². The summed E-state index contributed by atoms with van der Waals surface area (Å²) in [5, 5.41) is 22.1. The smallest absolute Gasteiger partial charge is 0.281 e. The molecule has 0 radical (unpaired) electrons. The van der Waals surface area contributed by atoms with Crippen molar-refractivity contribution < 1.29 is 14.6 Å². The van der Waals surface area contributed by atoms with Gasteiger partial charge in [0, 0.05) is 6.07 Å². The van der Waals surface area contributed by atoms with E-state index in [-0.39, 0.29) is 24.1 Å². The van der Waals surface area contributed by atoms with Crippen LogP contribution in [-0.4, -0.2) is 16.0 Å². The molecule has 5 fully saturated rings. The van der Waals surface area contributed by atoms with Gasteiger partial charge in [-0.2, -0.15) is 0 Å². The molecule has 0 spiro atoms. The zero-order valence-corrected chi connectivity index (χ0v) is 13.5. The fraction of sp³-hybridized carbons (Fsp3) is 0.667. The molecular formula is C18H18N2O5. The lowest BCUT2D eigenvalue weighted by Gasteiger charge is -2.61. The second-order valence-electron chi connectivity index (χ2n) is 8.53.